The highest BCUT2D eigenvalue weighted by Crippen LogP contribution is 2.27. The first-order valence-electron chi connectivity index (χ1n) is 9.63. The van der Waals surface area contributed by atoms with E-state index in [1.165, 1.54) is 0 Å². The van der Waals surface area contributed by atoms with E-state index in [9.17, 15) is 4.79 Å². The van der Waals surface area contributed by atoms with Gasteiger partial charge in [0, 0.05) is 18.9 Å². The molecule has 1 saturated heterocycles. The zero-order chi connectivity index (χ0) is 20.4. The summed E-state index contributed by atoms with van der Waals surface area (Å²) >= 11 is 5.99. The van der Waals surface area contributed by atoms with Crippen molar-refractivity contribution in [1.29, 1.82) is 0 Å². The van der Waals surface area contributed by atoms with Crippen LogP contribution in [-0.2, 0) is 4.74 Å². The fourth-order valence-corrected chi connectivity index (χ4v) is 3.19. The minimum atomic E-state index is -0.141. The van der Waals surface area contributed by atoms with Gasteiger partial charge in [-0.3, -0.25) is 9.78 Å². The number of hydrogen-bond donors (Lipinski definition) is 2. The third kappa shape index (κ3) is 4.33. The van der Waals surface area contributed by atoms with Crippen molar-refractivity contribution in [3.8, 4) is 11.3 Å². The molecule has 0 aliphatic carbocycles. The highest BCUT2D eigenvalue weighted by molar-refractivity contribution is 6.30. The highest BCUT2D eigenvalue weighted by atomic mass is 35.5. The van der Waals surface area contributed by atoms with Gasteiger partial charge >= 0.3 is 0 Å². The Balaban J connectivity index is 1.65. The number of fused-ring (bicyclic) bond motifs is 1. The van der Waals surface area contributed by atoms with Crippen LogP contribution < -0.4 is 10.6 Å². The number of nitrogens with one attached hydrogen (secondary N) is 2. The van der Waals surface area contributed by atoms with Crippen LogP contribution in [0.25, 0.3) is 16.9 Å². The molecule has 4 rings (SSSR count). The van der Waals surface area contributed by atoms with Crippen LogP contribution in [0, 0.1) is 5.92 Å². The quantitative estimate of drug-likeness (QED) is 0.617. The Labute approximate surface area is 173 Å². The number of carbonyl (C=O) groups is 1. The molecule has 1 aliphatic heterocycles. The van der Waals surface area contributed by atoms with Crippen LogP contribution in [0.4, 0.5) is 5.69 Å². The molecule has 0 spiro atoms. The third-order valence-electron chi connectivity index (χ3n) is 4.75. The molecule has 29 heavy (non-hydrogen) atoms. The van der Waals surface area contributed by atoms with Gasteiger partial charge in [-0.2, -0.15) is 5.10 Å². The Hall–Kier alpha value is -2.71. The van der Waals surface area contributed by atoms with E-state index in [0.717, 1.165) is 17.7 Å². The van der Waals surface area contributed by atoms with Gasteiger partial charge in [-0.25, -0.2) is 9.50 Å². The van der Waals surface area contributed by atoms with Crippen molar-refractivity contribution < 1.29 is 9.53 Å². The Bertz CT molecular complexity index is 1030. The number of hydrogen-bond acceptors (Lipinski definition) is 6. The van der Waals surface area contributed by atoms with Crippen molar-refractivity contribution in [3.05, 3.63) is 41.4 Å². The summed E-state index contributed by atoms with van der Waals surface area (Å²) in [5, 5.41) is 11.2. The molecule has 0 atom stereocenters. The summed E-state index contributed by atoms with van der Waals surface area (Å²) in [6.07, 6.45) is 7.48. The molecule has 3 aromatic heterocycles. The number of aromatic nitrogens is 4. The van der Waals surface area contributed by atoms with Crippen molar-refractivity contribution in [2.45, 2.75) is 26.3 Å². The molecule has 0 saturated carbocycles. The molecule has 1 amide bonds. The number of rotatable bonds is 7. The normalized spacial score (nSPS) is 14.2. The van der Waals surface area contributed by atoms with Gasteiger partial charge in [-0.05, 0) is 18.4 Å². The minimum Gasteiger partial charge on any atom is -0.377 e. The third-order valence-corrected chi connectivity index (χ3v) is 4.95. The molecule has 0 radical (unpaired) electrons. The van der Waals surface area contributed by atoms with Gasteiger partial charge in [0.2, 0.25) is 0 Å². The lowest BCUT2D eigenvalue weighted by Gasteiger charge is -2.28. The lowest BCUT2D eigenvalue weighted by molar-refractivity contribution is 0.0210. The summed E-state index contributed by atoms with van der Waals surface area (Å²) in [4.78, 5) is 21.6. The van der Waals surface area contributed by atoms with Gasteiger partial charge in [-0.15, -0.1) is 0 Å². The zero-order valence-corrected chi connectivity index (χ0v) is 17.1. The molecule has 152 valence electrons. The SMILES string of the molecule is CC(C)CCNC(=O)c1cnc(-c2cnn3cc(Cl)cnc23)cc1NC1COC1. The summed E-state index contributed by atoms with van der Waals surface area (Å²) in [6.45, 7) is 6.11. The number of ether oxygens (including phenoxy) is 1. The second kappa shape index (κ2) is 8.34. The lowest BCUT2D eigenvalue weighted by Crippen LogP contribution is -2.41. The maximum Gasteiger partial charge on any atom is 0.254 e. The van der Waals surface area contributed by atoms with E-state index in [2.05, 4.69) is 39.5 Å². The van der Waals surface area contributed by atoms with Gasteiger partial charge in [0.15, 0.2) is 5.65 Å². The topological polar surface area (TPSA) is 93.4 Å². The maximum absolute atomic E-state index is 12.7. The van der Waals surface area contributed by atoms with E-state index in [1.54, 1.807) is 29.3 Å². The molecular weight excluding hydrogens is 392 g/mol. The van der Waals surface area contributed by atoms with Gasteiger partial charge in [-0.1, -0.05) is 25.4 Å². The predicted molar refractivity (Wildman–Crippen MR) is 111 cm³/mol. The van der Waals surface area contributed by atoms with Crippen LogP contribution in [0.5, 0.6) is 0 Å². The van der Waals surface area contributed by atoms with Crippen LogP contribution in [-0.4, -0.2) is 51.3 Å². The first-order valence-corrected chi connectivity index (χ1v) is 10.0. The average molecular weight is 415 g/mol. The minimum absolute atomic E-state index is 0.141. The number of halogens is 1. The molecule has 8 nitrogen and oxygen atoms in total. The number of pyridine rings is 1. The second-order valence-electron chi connectivity index (χ2n) is 7.53. The van der Waals surface area contributed by atoms with Crippen LogP contribution in [0.1, 0.15) is 30.6 Å². The van der Waals surface area contributed by atoms with Crippen LogP contribution in [0.2, 0.25) is 5.02 Å². The van der Waals surface area contributed by atoms with Gasteiger partial charge < -0.3 is 15.4 Å². The first-order chi connectivity index (χ1) is 14.0. The Morgan fingerprint density at radius 2 is 2.14 bits per heavy atom. The van der Waals surface area contributed by atoms with Gasteiger partial charge in [0.25, 0.3) is 5.91 Å². The Morgan fingerprint density at radius 1 is 1.31 bits per heavy atom. The molecule has 3 aromatic rings. The molecule has 0 unspecified atom stereocenters. The molecule has 1 aliphatic rings. The van der Waals surface area contributed by atoms with E-state index in [1.807, 2.05) is 6.07 Å². The average Bonchev–Trinajstić information content (AvgIpc) is 3.07. The van der Waals surface area contributed by atoms with Crippen LogP contribution in [0.15, 0.2) is 30.9 Å². The predicted octanol–water partition coefficient (Wildman–Crippen LogP) is 3.03. The van der Waals surface area contributed by atoms with Crippen LogP contribution in [0.3, 0.4) is 0 Å². The summed E-state index contributed by atoms with van der Waals surface area (Å²) in [5.74, 6) is 0.384. The zero-order valence-electron chi connectivity index (χ0n) is 16.4. The molecule has 2 N–H and O–H groups in total. The van der Waals surface area contributed by atoms with Crippen molar-refractivity contribution in [3.63, 3.8) is 0 Å². The van der Waals surface area contributed by atoms with Crippen LogP contribution >= 0.6 is 11.6 Å². The lowest BCUT2D eigenvalue weighted by atomic mass is 10.1. The number of carbonyl (C=O) groups excluding carboxylic acids is 1. The largest absolute Gasteiger partial charge is 0.377 e. The molecular formula is C20H23ClN6O2. The van der Waals surface area contributed by atoms with E-state index in [0.29, 0.717) is 47.6 Å². The maximum atomic E-state index is 12.7. The van der Waals surface area contributed by atoms with Gasteiger partial charge in [0.05, 0.1) is 59.2 Å². The molecule has 0 aromatic carbocycles. The smallest absolute Gasteiger partial charge is 0.254 e. The van der Waals surface area contributed by atoms with E-state index in [4.69, 9.17) is 16.3 Å². The summed E-state index contributed by atoms with van der Waals surface area (Å²) in [7, 11) is 0. The number of anilines is 1. The van der Waals surface area contributed by atoms with Crippen molar-refractivity contribution in [1.82, 2.24) is 24.9 Å². The Morgan fingerprint density at radius 3 is 2.86 bits per heavy atom. The van der Waals surface area contributed by atoms with Crippen molar-refractivity contribution in [2.75, 3.05) is 25.1 Å². The second-order valence-corrected chi connectivity index (χ2v) is 7.97. The molecule has 0 bridgehead atoms. The molecule has 1 fully saturated rings. The van der Waals surface area contributed by atoms with E-state index >= 15 is 0 Å². The number of nitrogens with zero attached hydrogens (tertiary/aromatic N) is 4. The summed E-state index contributed by atoms with van der Waals surface area (Å²) < 4.78 is 6.87. The monoisotopic (exact) mass is 414 g/mol. The fourth-order valence-electron chi connectivity index (χ4n) is 3.04. The van der Waals surface area contributed by atoms with Crippen molar-refractivity contribution in [2.24, 2.45) is 5.92 Å². The Kier molecular flexibility index (Phi) is 5.64. The highest BCUT2D eigenvalue weighted by Gasteiger charge is 2.22. The van der Waals surface area contributed by atoms with Gasteiger partial charge in [0.1, 0.15) is 0 Å². The first kappa shape index (κ1) is 19.6. The fraction of sp³-hybridized carbons (Fsp3) is 0.400. The van der Waals surface area contributed by atoms with E-state index in [-0.39, 0.29) is 11.9 Å². The summed E-state index contributed by atoms with van der Waals surface area (Å²) in [5.41, 5.74) is 3.32. The molecule has 9 heteroatoms. The van der Waals surface area contributed by atoms with Crippen molar-refractivity contribution >= 4 is 28.8 Å². The van der Waals surface area contributed by atoms with E-state index < -0.39 is 0 Å². The standard InChI is InChI=1S/C20H23ClN6O2/c1-12(2)3-4-22-20(28)16-7-23-17(5-18(16)26-14-10-29-11-14)15-8-25-27-9-13(21)6-24-19(15)27/h5-9,12,14H,3-4,10-11H2,1-2H3,(H,22,28)(H,23,26). The molecule has 4 heterocycles. The summed E-state index contributed by atoms with van der Waals surface area (Å²) in [6, 6.07) is 2.04. The number of amides is 1.